The van der Waals surface area contributed by atoms with Gasteiger partial charge in [-0.2, -0.15) is 0 Å². The molecule has 2 unspecified atom stereocenters. The standard InChI is InChI=1S/C14H22F2N2O4S2/c1-9(7-17-23(3,19)20)11-5-14(16)12(6-13(11)15)10(2)8-18-24(4,21)22/h5-6,9-10,17-18H,7-8H2,1-4H3. The van der Waals surface area contributed by atoms with Gasteiger partial charge in [-0.25, -0.2) is 35.1 Å². The maximum absolute atomic E-state index is 14.3. The first kappa shape index (κ1) is 20.9. The number of hydrogen-bond donors (Lipinski definition) is 2. The summed E-state index contributed by atoms with van der Waals surface area (Å²) in [4.78, 5) is 0. The highest BCUT2D eigenvalue weighted by molar-refractivity contribution is 7.89. The number of halogens is 2. The van der Waals surface area contributed by atoms with Gasteiger partial charge in [0.1, 0.15) is 11.6 Å². The Balaban J connectivity index is 2.96. The van der Waals surface area contributed by atoms with E-state index in [1.54, 1.807) is 13.8 Å². The van der Waals surface area contributed by atoms with Crippen molar-refractivity contribution < 1.29 is 25.6 Å². The van der Waals surface area contributed by atoms with Gasteiger partial charge in [-0.05, 0) is 35.1 Å². The van der Waals surface area contributed by atoms with Crippen LogP contribution in [0.3, 0.4) is 0 Å². The molecule has 1 aromatic rings. The third-order valence-corrected chi connectivity index (χ3v) is 4.86. The Bertz CT molecular complexity index is 727. The molecule has 0 aliphatic rings. The summed E-state index contributed by atoms with van der Waals surface area (Å²) in [5.41, 5.74) is 0.103. The molecule has 138 valence electrons. The summed E-state index contributed by atoms with van der Waals surface area (Å²) in [6, 6.07) is 2.05. The smallest absolute Gasteiger partial charge is 0.208 e. The van der Waals surface area contributed by atoms with Gasteiger partial charge in [0.25, 0.3) is 0 Å². The van der Waals surface area contributed by atoms with E-state index in [-0.39, 0.29) is 24.2 Å². The van der Waals surface area contributed by atoms with Crippen LogP contribution in [0.2, 0.25) is 0 Å². The summed E-state index contributed by atoms with van der Waals surface area (Å²) >= 11 is 0. The fraction of sp³-hybridized carbons (Fsp3) is 0.571. The topological polar surface area (TPSA) is 92.3 Å². The van der Waals surface area contributed by atoms with Crippen LogP contribution in [0.25, 0.3) is 0 Å². The van der Waals surface area contributed by atoms with E-state index in [0.29, 0.717) is 0 Å². The van der Waals surface area contributed by atoms with Gasteiger partial charge in [0.2, 0.25) is 20.0 Å². The number of sulfonamides is 2. The van der Waals surface area contributed by atoms with Gasteiger partial charge in [-0.15, -0.1) is 0 Å². The SMILES string of the molecule is CC(CNS(C)(=O)=O)c1cc(F)c(C(C)CNS(C)(=O)=O)cc1F. The summed E-state index contributed by atoms with van der Waals surface area (Å²) < 4.78 is 77.3. The molecule has 2 N–H and O–H groups in total. The Labute approximate surface area is 141 Å². The minimum absolute atomic E-state index is 0.0515. The van der Waals surface area contributed by atoms with Gasteiger partial charge >= 0.3 is 0 Å². The van der Waals surface area contributed by atoms with E-state index < -0.39 is 43.5 Å². The van der Waals surface area contributed by atoms with Crippen molar-refractivity contribution in [2.24, 2.45) is 0 Å². The van der Waals surface area contributed by atoms with Gasteiger partial charge < -0.3 is 0 Å². The van der Waals surface area contributed by atoms with Crippen LogP contribution in [-0.4, -0.2) is 42.4 Å². The van der Waals surface area contributed by atoms with Crippen molar-refractivity contribution in [1.82, 2.24) is 9.44 Å². The van der Waals surface area contributed by atoms with Crippen molar-refractivity contribution in [1.29, 1.82) is 0 Å². The Morgan fingerprint density at radius 1 is 0.833 bits per heavy atom. The molecular weight excluding hydrogens is 362 g/mol. The Hall–Kier alpha value is -1.10. The quantitative estimate of drug-likeness (QED) is 0.706. The average molecular weight is 384 g/mol. The molecule has 0 amide bonds. The van der Waals surface area contributed by atoms with Gasteiger partial charge in [-0.1, -0.05) is 13.8 Å². The molecule has 0 saturated carbocycles. The van der Waals surface area contributed by atoms with E-state index in [9.17, 15) is 25.6 Å². The van der Waals surface area contributed by atoms with Crippen molar-refractivity contribution >= 4 is 20.0 Å². The van der Waals surface area contributed by atoms with Gasteiger partial charge in [0.05, 0.1) is 12.5 Å². The predicted octanol–water partition coefficient (Wildman–Crippen LogP) is 1.27. The molecule has 2 atom stereocenters. The first-order chi connectivity index (χ1) is 10.8. The Kier molecular flexibility index (Phi) is 6.85. The molecule has 0 spiro atoms. The van der Waals surface area contributed by atoms with E-state index >= 15 is 0 Å². The summed E-state index contributed by atoms with van der Waals surface area (Å²) in [5, 5.41) is 0. The third kappa shape index (κ3) is 6.80. The minimum atomic E-state index is -3.42. The van der Waals surface area contributed by atoms with Crippen LogP contribution in [0.15, 0.2) is 12.1 Å². The Morgan fingerprint density at radius 3 is 1.38 bits per heavy atom. The monoisotopic (exact) mass is 384 g/mol. The molecule has 6 nitrogen and oxygen atoms in total. The van der Waals surface area contributed by atoms with Crippen molar-refractivity contribution in [3.63, 3.8) is 0 Å². The van der Waals surface area contributed by atoms with E-state index in [1.807, 2.05) is 0 Å². The summed E-state index contributed by atoms with van der Waals surface area (Å²) in [5.74, 6) is -2.46. The van der Waals surface area contributed by atoms with Crippen LogP contribution in [0, 0.1) is 11.6 Å². The van der Waals surface area contributed by atoms with Crippen LogP contribution >= 0.6 is 0 Å². The maximum Gasteiger partial charge on any atom is 0.208 e. The molecule has 0 aliphatic heterocycles. The van der Waals surface area contributed by atoms with Crippen LogP contribution in [0.1, 0.15) is 36.8 Å². The molecule has 0 heterocycles. The first-order valence-corrected chi connectivity index (χ1v) is 11.0. The van der Waals surface area contributed by atoms with Crippen LogP contribution in [-0.2, 0) is 20.0 Å². The van der Waals surface area contributed by atoms with Crippen LogP contribution in [0.4, 0.5) is 8.78 Å². The molecule has 0 saturated heterocycles. The normalized spacial score (nSPS) is 15.2. The second-order valence-corrected chi connectivity index (χ2v) is 9.60. The molecule has 24 heavy (non-hydrogen) atoms. The Morgan fingerprint density at radius 2 is 1.12 bits per heavy atom. The van der Waals surface area contributed by atoms with Crippen molar-refractivity contribution in [2.75, 3.05) is 25.6 Å². The second kappa shape index (κ2) is 7.85. The fourth-order valence-corrected chi connectivity index (χ4v) is 3.21. The largest absolute Gasteiger partial charge is 0.215 e. The lowest BCUT2D eigenvalue weighted by molar-refractivity contribution is 0.536. The van der Waals surface area contributed by atoms with E-state index in [2.05, 4.69) is 9.44 Å². The zero-order chi connectivity index (χ0) is 18.7. The fourth-order valence-electron chi connectivity index (χ4n) is 2.11. The minimum Gasteiger partial charge on any atom is -0.215 e. The molecule has 1 aromatic carbocycles. The van der Waals surface area contributed by atoms with E-state index in [1.165, 1.54) is 0 Å². The lowest BCUT2D eigenvalue weighted by Crippen LogP contribution is -2.27. The van der Waals surface area contributed by atoms with Gasteiger partial charge in [0.15, 0.2) is 0 Å². The molecule has 0 aliphatic carbocycles. The maximum atomic E-state index is 14.3. The average Bonchev–Trinajstić information content (AvgIpc) is 2.42. The van der Waals surface area contributed by atoms with Crippen molar-refractivity contribution in [2.45, 2.75) is 25.7 Å². The molecule has 1 rings (SSSR count). The van der Waals surface area contributed by atoms with E-state index in [4.69, 9.17) is 0 Å². The van der Waals surface area contributed by atoms with Crippen molar-refractivity contribution in [3.8, 4) is 0 Å². The number of hydrogen-bond acceptors (Lipinski definition) is 4. The second-order valence-electron chi connectivity index (χ2n) is 5.94. The number of benzene rings is 1. The first-order valence-electron chi connectivity index (χ1n) is 7.18. The van der Waals surface area contributed by atoms with Crippen LogP contribution < -0.4 is 9.44 Å². The molecule has 0 radical (unpaired) electrons. The third-order valence-electron chi connectivity index (χ3n) is 3.48. The molecule has 0 bridgehead atoms. The lowest BCUT2D eigenvalue weighted by Gasteiger charge is -2.18. The summed E-state index contributed by atoms with van der Waals surface area (Å²) in [6.07, 6.45) is 1.96. The molecule has 0 fully saturated rings. The molecule has 10 heteroatoms. The highest BCUT2D eigenvalue weighted by Gasteiger charge is 2.20. The zero-order valence-corrected chi connectivity index (χ0v) is 15.6. The van der Waals surface area contributed by atoms with Gasteiger partial charge in [-0.3, -0.25) is 0 Å². The van der Waals surface area contributed by atoms with Gasteiger partial charge in [0, 0.05) is 13.1 Å². The highest BCUT2D eigenvalue weighted by atomic mass is 32.2. The van der Waals surface area contributed by atoms with E-state index in [0.717, 1.165) is 24.6 Å². The van der Waals surface area contributed by atoms with Crippen LogP contribution in [0.5, 0.6) is 0 Å². The predicted molar refractivity (Wildman–Crippen MR) is 88.9 cm³/mol. The lowest BCUT2D eigenvalue weighted by atomic mass is 9.94. The summed E-state index contributed by atoms with van der Waals surface area (Å²) in [7, 11) is -6.85. The molecule has 0 aromatic heterocycles. The zero-order valence-electron chi connectivity index (χ0n) is 13.9. The number of nitrogens with one attached hydrogen (secondary N) is 2. The summed E-state index contributed by atoms with van der Waals surface area (Å²) in [6.45, 7) is 3.04. The van der Waals surface area contributed by atoms with Crippen molar-refractivity contribution in [3.05, 3.63) is 34.9 Å². The number of rotatable bonds is 8. The molecular formula is C14H22F2N2O4S2. The highest BCUT2D eigenvalue weighted by Crippen LogP contribution is 2.26.